The van der Waals surface area contributed by atoms with Crippen molar-refractivity contribution in [1.29, 1.82) is 0 Å². The lowest BCUT2D eigenvalue weighted by atomic mass is 9.82. The molecule has 0 saturated heterocycles. The third kappa shape index (κ3) is 1.81. The molecule has 3 aliphatic carbocycles. The Hall–Kier alpha value is -0.790. The normalized spacial score (nSPS) is 41.8. The van der Waals surface area contributed by atoms with E-state index in [2.05, 4.69) is 20.4 Å². The number of hydrogen-bond donors (Lipinski definition) is 0. The summed E-state index contributed by atoms with van der Waals surface area (Å²) in [6.45, 7) is 7.63. The molecule has 0 aromatic heterocycles. The van der Waals surface area contributed by atoms with Crippen LogP contribution in [0.5, 0.6) is 0 Å². The molecule has 3 aliphatic rings. The number of esters is 1. The molecule has 100 valence electrons. The van der Waals surface area contributed by atoms with Gasteiger partial charge in [-0.05, 0) is 75.5 Å². The van der Waals surface area contributed by atoms with E-state index in [1.807, 2.05) is 0 Å². The van der Waals surface area contributed by atoms with Crippen molar-refractivity contribution < 1.29 is 9.53 Å². The highest BCUT2D eigenvalue weighted by molar-refractivity contribution is 5.81. The van der Waals surface area contributed by atoms with Gasteiger partial charge in [0, 0.05) is 6.08 Å². The van der Waals surface area contributed by atoms with Gasteiger partial charge in [-0.3, -0.25) is 0 Å². The fourth-order valence-corrected chi connectivity index (χ4v) is 4.97. The molecule has 0 radical (unpaired) electrons. The Bertz CT molecular complexity index is 353. The van der Waals surface area contributed by atoms with Crippen molar-refractivity contribution in [3.63, 3.8) is 0 Å². The first kappa shape index (κ1) is 12.3. The fourth-order valence-electron chi connectivity index (χ4n) is 4.97. The molecule has 0 aromatic carbocycles. The lowest BCUT2D eigenvalue weighted by Crippen LogP contribution is -2.35. The molecule has 2 heteroatoms. The second-order valence-electron chi connectivity index (χ2n) is 7.06. The highest BCUT2D eigenvalue weighted by atomic mass is 16.6. The van der Waals surface area contributed by atoms with E-state index >= 15 is 0 Å². The summed E-state index contributed by atoms with van der Waals surface area (Å²) in [6.07, 6.45) is 8.19. The molecular formula is C16H24O2. The molecule has 0 N–H and O–H groups in total. The third-order valence-electron chi connectivity index (χ3n) is 5.90. The van der Waals surface area contributed by atoms with Crippen molar-refractivity contribution in [3.8, 4) is 0 Å². The lowest BCUT2D eigenvalue weighted by molar-refractivity contribution is -0.155. The number of carbonyl (C=O) groups is 1. The molecule has 18 heavy (non-hydrogen) atoms. The first-order valence-electron chi connectivity index (χ1n) is 7.36. The number of fused-ring (bicyclic) bond motifs is 5. The minimum absolute atomic E-state index is 0.278. The van der Waals surface area contributed by atoms with E-state index in [1.54, 1.807) is 0 Å². The summed E-state index contributed by atoms with van der Waals surface area (Å²) in [4.78, 5) is 11.4. The average Bonchev–Trinajstić information content (AvgIpc) is 3.00. The van der Waals surface area contributed by atoms with Crippen LogP contribution in [0.3, 0.4) is 0 Å². The van der Waals surface area contributed by atoms with Gasteiger partial charge in [-0.2, -0.15) is 0 Å². The number of carbonyl (C=O) groups excluding carboxylic acids is 1. The van der Waals surface area contributed by atoms with Crippen molar-refractivity contribution in [1.82, 2.24) is 0 Å². The SMILES string of the molecule is C=CC(=O)OC(C)(C)C1CC2C3CCC(C3)C2C1. The van der Waals surface area contributed by atoms with Gasteiger partial charge in [0.1, 0.15) is 5.60 Å². The maximum absolute atomic E-state index is 11.4. The second-order valence-corrected chi connectivity index (χ2v) is 7.06. The van der Waals surface area contributed by atoms with Crippen LogP contribution >= 0.6 is 0 Å². The van der Waals surface area contributed by atoms with Gasteiger partial charge in [0.15, 0.2) is 0 Å². The molecule has 3 saturated carbocycles. The van der Waals surface area contributed by atoms with Crippen molar-refractivity contribution in [3.05, 3.63) is 12.7 Å². The largest absolute Gasteiger partial charge is 0.456 e. The summed E-state index contributed by atoms with van der Waals surface area (Å²) in [5.41, 5.74) is -0.324. The fraction of sp³-hybridized carbons (Fsp3) is 0.812. The number of ether oxygens (including phenoxy) is 1. The van der Waals surface area contributed by atoms with Gasteiger partial charge >= 0.3 is 5.97 Å². The zero-order valence-electron chi connectivity index (χ0n) is 11.5. The van der Waals surface area contributed by atoms with Gasteiger partial charge in [-0.25, -0.2) is 4.79 Å². The Kier molecular flexibility index (Phi) is 2.80. The average molecular weight is 248 g/mol. The third-order valence-corrected chi connectivity index (χ3v) is 5.90. The summed E-state index contributed by atoms with van der Waals surface area (Å²) in [7, 11) is 0. The van der Waals surface area contributed by atoms with Crippen LogP contribution in [0.4, 0.5) is 0 Å². The van der Waals surface area contributed by atoms with Gasteiger partial charge in [-0.1, -0.05) is 6.58 Å². The van der Waals surface area contributed by atoms with Crippen molar-refractivity contribution in [2.24, 2.45) is 29.6 Å². The van der Waals surface area contributed by atoms with Gasteiger partial charge in [-0.15, -0.1) is 0 Å². The summed E-state index contributed by atoms with van der Waals surface area (Å²) < 4.78 is 5.57. The summed E-state index contributed by atoms with van der Waals surface area (Å²) in [5.74, 6) is 4.08. The van der Waals surface area contributed by atoms with E-state index in [0.717, 1.165) is 23.7 Å². The molecular weight excluding hydrogens is 224 g/mol. The monoisotopic (exact) mass is 248 g/mol. The van der Waals surface area contributed by atoms with Crippen molar-refractivity contribution >= 4 is 5.97 Å². The van der Waals surface area contributed by atoms with E-state index in [0.29, 0.717) is 5.92 Å². The summed E-state index contributed by atoms with van der Waals surface area (Å²) in [6, 6.07) is 0. The van der Waals surface area contributed by atoms with Crippen LogP contribution in [0.1, 0.15) is 46.0 Å². The predicted octanol–water partition coefficient (Wildman–Crippen LogP) is 3.57. The van der Waals surface area contributed by atoms with Gasteiger partial charge in [0.25, 0.3) is 0 Å². The highest BCUT2D eigenvalue weighted by Crippen LogP contribution is 2.61. The van der Waals surface area contributed by atoms with Crippen LogP contribution in [0.15, 0.2) is 12.7 Å². The van der Waals surface area contributed by atoms with Crippen LogP contribution in [-0.2, 0) is 9.53 Å². The van der Waals surface area contributed by atoms with E-state index in [1.165, 1.54) is 38.2 Å². The molecule has 4 unspecified atom stereocenters. The molecule has 0 aliphatic heterocycles. The van der Waals surface area contributed by atoms with Crippen LogP contribution in [0, 0.1) is 29.6 Å². The first-order valence-corrected chi connectivity index (χ1v) is 7.36. The minimum Gasteiger partial charge on any atom is -0.456 e. The van der Waals surface area contributed by atoms with E-state index in [-0.39, 0.29) is 11.6 Å². The molecule has 0 spiro atoms. The quantitative estimate of drug-likeness (QED) is 0.564. The molecule has 0 aromatic rings. The Morgan fingerprint density at radius 1 is 1.17 bits per heavy atom. The Morgan fingerprint density at radius 2 is 1.72 bits per heavy atom. The Labute approximate surface area is 110 Å². The maximum Gasteiger partial charge on any atom is 0.330 e. The lowest BCUT2D eigenvalue weighted by Gasteiger charge is -2.32. The van der Waals surface area contributed by atoms with Crippen LogP contribution in [0.25, 0.3) is 0 Å². The maximum atomic E-state index is 11.4. The zero-order valence-corrected chi connectivity index (χ0v) is 11.5. The van der Waals surface area contributed by atoms with Crippen LogP contribution < -0.4 is 0 Å². The molecule has 2 nitrogen and oxygen atoms in total. The van der Waals surface area contributed by atoms with Gasteiger partial charge in [0.05, 0.1) is 0 Å². The number of rotatable bonds is 3. The summed E-state index contributed by atoms with van der Waals surface area (Å²) in [5, 5.41) is 0. The van der Waals surface area contributed by atoms with Gasteiger partial charge in [0.2, 0.25) is 0 Å². The first-order chi connectivity index (χ1) is 8.51. The molecule has 0 heterocycles. The Morgan fingerprint density at radius 3 is 2.22 bits per heavy atom. The van der Waals surface area contributed by atoms with E-state index in [9.17, 15) is 4.79 Å². The molecule has 4 atom stereocenters. The van der Waals surface area contributed by atoms with E-state index < -0.39 is 0 Å². The predicted molar refractivity (Wildman–Crippen MR) is 70.9 cm³/mol. The standard InChI is InChI=1S/C16H24O2/c1-4-15(17)18-16(2,3)12-8-13-10-5-6-11(7-10)14(13)9-12/h4,10-14H,1,5-9H2,2-3H3. The highest BCUT2D eigenvalue weighted by Gasteiger charge is 2.54. The summed E-state index contributed by atoms with van der Waals surface area (Å²) >= 11 is 0. The van der Waals surface area contributed by atoms with Crippen LogP contribution in [0.2, 0.25) is 0 Å². The number of hydrogen-bond acceptors (Lipinski definition) is 2. The van der Waals surface area contributed by atoms with E-state index in [4.69, 9.17) is 4.74 Å². The van der Waals surface area contributed by atoms with Crippen molar-refractivity contribution in [2.45, 2.75) is 51.6 Å². The molecule has 2 bridgehead atoms. The second kappa shape index (κ2) is 4.11. The van der Waals surface area contributed by atoms with Crippen LogP contribution in [-0.4, -0.2) is 11.6 Å². The minimum atomic E-state index is -0.324. The zero-order chi connectivity index (χ0) is 12.9. The Balaban J connectivity index is 1.68. The topological polar surface area (TPSA) is 26.3 Å². The smallest absolute Gasteiger partial charge is 0.330 e. The van der Waals surface area contributed by atoms with Gasteiger partial charge < -0.3 is 4.74 Å². The van der Waals surface area contributed by atoms with Crippen molar-refractivity contribution in [2.75, 3.05) is 0 Å². The molecule has 3 fully saturated rings. The molecule has 3 rings (SSSR count). The molecule has 0 amide bonds.